The highest BCUT2D eigenvalue weighted by atomic mass is 32.1. The number of nitrogens with zero attached hydrogens (tertiary/aromatic N) is 1. The molecular weight excluding hydrogens is 242 g/mol. The van der Waals surface area contributed by atoms with Gasteiger partial charge in [0.05, 0.1) is 0 Å². The minimum atomic E-state index is 0.577. The van der Waals surface area contributed by atoms with E-state index in [0.29, 0.717) is 11.2 Å². The summed E-state index contributed by atoms with van der Waals surface area (Å²) in [6.45, 7) is 2.04. The molecule has 2 saturated carbocycles. The number of hydrogen-bond acceptors (Lipinski definition) is 2. The van der Waals surface area contributed by atoms with Gasteiger partial charge in [-0.05, 0) is 61.9 Å². The van der Waals surface area contributed by atoms with Gasteiger partial charge in [0.25, 0.3) is 0 Å². The predicted molar refractivity (Wildman–Crippen MR) is 77.6 cm³/mol. The fourth-order valence-corrected chi connectivity index (χ4v) is 3.60. The van der Waals surface area contributed by atoms with Gasteiger partial charge in [-0.3, -0.25) is 0 Å². The van der Waals surface area contributed by atoms with Crippen LogP contribution in [0.15, 0.2) is 18.3 Å². The molecule has 0 unspecified atom stereocenters. The van der Waals surface area contributed by atoms with E-state index in [1.54, 1.807) is 6.20 Å². The fourth-order valence-electron chi connectivity index (χ4n) is 3.35. The predicted octanol–water partition coefficient (Wildman–Crippen LogP) is 2.87. The van der Waals surface area contributed by atoms with Crippen LogP contribution in [0.2, 0.25) is 0 Å². The lowest BCUT2D eigenvalue weighted by Gasteiger charge is -2.24. The summed E-state index contributed by atoms with van der Waals surface area (Å²) in [5, 5.41) is 7.39. The lowest BCUT2D eigenvalue weighted by Crippen LogP contribution is -2.41. The van der Waals surface area contributed by atoms with E-state index in [2.05, 4.69) is 15.6 Å². The standard InChI is InChI=1S/C14H19N3S/c1-9-3-2-6-15-13(9)17-14(18)16-12-8-10-4-5-11(12)7-10/h2-3,6,10-12H,4-5,7-8H2,1H3,(H2,15,16,17,18)/t10-,11-,12+/m0/s1. The molecule has 1 aromatic rings. The molecule has 96 valence electrons. The number of fused-ring (bicyclic) bond motifs is 2. The molecule has 0 amide bonds. The van der Waals surface area contributed by atoms with Crippen LogP contribution in [0.4, 0.5) is 5.82 Å². The van der Waals surface area contributed by atoms with Crippen LogP contribution in [-0.4, -0.2) is 16.1 Å². The van der Waals surface area contributed by atoms with E-state index in [0.717, 1.165) is 23.2 Å². The van der Waals surface area contributed by atoms with Gasteiger partial charge in [0.15, 0.2) is 5.11 Å². The molecule has 2 aliphatic rings. The van der Waals surface area contributed by atoms with E-state index in [4.69, 9.17) is 12.2 Å². The van der Waals surface area contributed by atoms with Gasteiger partial charge in [-0.2, -0.15) is 0 Å². The first-order valence-corrected chi connectivity index (χ1v) is 7.12. The molecule has 0 saturated heterocycles. The average Bonchev–Trinajstić information content (AvgIpc) is 2.94. The van der Waals surface area contributed by atoms with Gasteiger partial charge in [-0.1, -0.05) is 12.5 Å². The van der Waals surface area contributed by atoms with Crippen molar-refractivity contribution in [3.05, 3.63) is 23.9 Å². The maximum absolute atomic E-state index is 5.39. The summed E-state index contributed by atoms with van der Waals surface area (Å²) >= 11 is 5.39. The first-order chi connectivity index (χ1) is 8.72. The Morgan fingerprint density at radius 1 is 1.39 bits per heavy atom. The van der Waals surface area contributed by atoms with Gasteiger partial charge in [0.2, 0.25) is 0 Å². The third kappa shape index (κ3) is 2.34. The summed E-state index contributed by atoms with van der Waals surface area (Å²) in [4.78, 5) is 4.30. The van der Waals surface area contributed by atoms with Crippen LogP contribution in [0.25, 0.3) is 0 Å². The monoisotopic (exact) mass is 261 g/mol. The summed E-state index contributed by atoms with van der Waals surface area (Å²) in [6.07, 6.45) is 7.25. The summed E-state index contributed by atoms with van der Waals surface area (Å²) in [7, 11) is 0. The van der Waals surface area contributed by atoms with Gasteiger partial charge in [0, 0.05) is 12.2 Å². The van der Waals surface area contributed by atoms with Crippen LogP contribution >= 0.6 is 12.2 Å². The summed E-state index contributed by atoms with van der Waals surface area (Å²) < 4.78 is 0. The Labute approximate surface area is 113 Å². The Hall–Kier alpha value is -1.16. The Bertz CT molecular complexity index is 460. The topological polar surface area (TPSA) is 37.0 Å². The van der Waals surface area contributed by atoms with Crippen LogP contribution in [0.1, 0.15) is 31.2 Å². The Balaban J connectivity index is 1.58. The lowest BCUT2D eigenvalue weighted by atomic mass is 9.96. The summed E-state index contributed by atoms with van der Waals surface area (Å²) in [6, 6.07) is 4.55. The van der Waals surface area contributed by atoms with Crippen LogP contribution < -0.4 is 10.6 Å². The van der Waals surface area contributed by atoms with E-state index in [-0.39, 0.29) is 0 Å². The Morgan fingerprint density at radius 2 is 2.28 bits per heavy atom. The molecule has 18 heavy (non-hydrogen) atoms. The molecular formula is C14H19N3S. The van der Waals surface area contributed by atoms with Crippen molar-refractivity contribution in [2.75, 3.05) is 5.32 Å². The molecule has 0 spiro atoms. The van der Waals surface area contributed by atoms with Crippen molar-refractivity contribution in [1.29, 1.82) is 0 Å². The maximum atomic E-state index is 5.39. The summed E-state index contributed by atoms with van der Waals surface area (Å²) in [5.41, 5.74) is 1.12. The minimum absolute atomic E-state index is 0.577. The van der Waals surface area contributed by atoms with Gasteiger partial charge in [-0.25, -0.2) is 4.98 Å². The van der Waals surface area contributed by atoms with Crippen LogP contribution in [0.3, 0.4) is 0 Å². The quantitative estimate of drug-likeness (QED) is 0.803. The molecule has 0 aromatic carbocycles. The van der Waals surface area contributed by atoms with E-state index in [1.165, 1.54) is 25.7 Å². The van der Waals surface area contributed by atoms with Crippen LogP contribution in [-0.2, 0) is 0 Å². The van der Waals surface area contributed by atoms with Crippen molar-refractivity contribution in [2.45, 2.75) is 38.6 Å². The first kappa shape index (κ1) is 11.9. The first-order valence-electron chi connectivity index (χ1n) is 6.71. The SMILES string of the molecule is Cc1cccnc1NC(=S)N[C@@H]1C[C@H]2CC[C@H]1C2. The van der Waals surface area contributed by atoms with Gasteiger partial charge < -0.3 is 10.6 Å². The zero-order valence-electron chi connectivity index (χ0n) is 10.6. The number of aromatic nitrogens is 1. The summed E-state index contributed by atoms with van der Waals surface area (Å²) in [5.74, 6) is 2.63. The molecule has 2 bridgehead atoms. The highest BCUT2D eigenvalue weighted by molar-refractivity contribution is 7.80. The molecule has 3 atom stereocenters. The van der Waals surface area contributed by atoms with Crippen molar-refractivity contribution in [3.63, 3.8) is 0 Å². The van der Waals surface area contributed by atoms with Crippen LogP contribution in [0.5, 0.6) is 0 Å². The van der Waals surface area contributed by atoms with E-state index < -0.39 is 0 Å². The molecule has 0 radical (unpaired) electrons. The number of rotatable bonds is 2. The van der Waals surface area contributed by atoms with Crippen molar-refractivity contribution < 1.29 is 0 Å². The molecule has 3 rings (SSSR count). The van der Waals surface area contributed by atoms with E-state index in [1.807, 2.05) is 19.1 Å². The number of thiocarbonyl (C=S) groups is 1. The lowest BCUT2D eigenvalue weighted by molar-refractivity contribution is 0.392. The molecule has 2 aliphatic carbocycles. The Morgan fingerprint density at radius 3 is 2.94 bits per heavy atom. The second kappa shape index (κ2) is 4.84. The number of hydrogen-bond donors (Lipinski definition) is 2. The zero-order chi connectivity index (χ0) is 12.5. The molecule has 2 fully saturated rings. The molecule has 3 nitrogen and oxygen atoms in total. The second-order valence-electron chi connectivity index (χ2n) is 5.55. The molecule has 4 heteroatoms. The number of pyridine rings is 1. The van der Waals surface area contributed by atoms with Crippen molar-refractivity contribution >= 4 is 23.1 Å². The number of nitrogens with one attached hydrogen (secondary N) is 2. The molecule has 0 aliphatic heterocycles. The highest BCUT2D eigenvalue weighted by Gasteiger charge is 2.39. The van der Waals surface area contributed by atoms with Gasteiger partial charge >= 0.3 is 0 Å². The minimum Gasteiger partial charge on any atom is -0.359 e. The zero-order valence-corrected chi connectivity index (χ0v) is 11.5. The van der Waals surface area contributed by atoms with Crippen molar-refractivity contribution in [2.24, 2.45) is 11.8 Å². The number of aryl methyl sites for hydroxylation is 1. The number of anilines is 1. The van der Waals surface area contributed by atoms with Crippen molar-refractivity contribution in [1.82, 2.24) is 10.3 Å². The third-order valence-corrected chi connectivity index (χ3v) is 4.52. The smallest absolute Gasteiger partial charge is 0.172 e. The van der Waals surface area contributed by atoms with Gasteiger partial charge in [-0.15, -0.1) is 0 Å². The Kier molecular flexibility index (Phi) is 3.20. The third-order valence-electron chi connectivity index (χ3n) is 4.30. The van der Waals surface area contributed by atoms with Gasteiger partial charge in [0.1, 0.15) is 5.82 Å². The average molecular weight is 261 g/mol. The van der Waals surface area contributed by atoms with E-state index >= 15 is 0 Å². The largest absolute Gasteiger partial charge is 0.359 e. The maximum Gasteiger partial charge on any atom is 0.172 e. The fraction of sp³-hybridized carbons (Fsp3) is 0.571. The van der Waals surface area contributed by atoms with E-state index in [9.17, 15) is 0 Å². The highest BCUT2D eigenvalue weighted by Crippen LogP contribution is 2.44. The van der Waals surface area contributed by atoms with Crippen LogP contribution in [0, 0.1) is 18.8 Å². The molecule has 1 aromatic heterocycles. The second-order valence-corrected chi connectivity index (χ2v) is 5.96. The molecule has 2 N–H and O–H groups in total. The van der Waals surface area contributed by atoms with Crippen molar-refractivity contribution in [3.8, 4) is 0 Å². The molecule has 1 heterocycles. The normalized spacial score (nSPS) is 29.3.